The molecule has 0 fully saturated rings. The molecule has 3 N–H and O–H groups in total. The lowest BCUT2D eigenvalue weighted by Crippen LogP contribution is -2.29. The number of anilines is 1. The lowest BCUT2D eigenvalue weighted by molar-refractivity contribution is 0.425. The van der Waals surface area contributed by atoms with Gasteiger partial charge in [-0.3, -0.25) is 4.72 Å². The number of hydrogen-bond donors (Lipinski definition) is 3. The van der Waals surface area contributed by atoms with Crippen molar-refractivity contribution in [3.63, 3.8) is 0 Å². The summed E-state index contributed by atoms with van der Waals surface area (Å²) in [7, 11) is -5.06. The Kier molecular flexibility index (Phi) is 4.31. The summed E-state index contributed by atoms with van der Waals surface area (Å²) in [6, 6.07) is 9.84. The van der Waals surface area contributed by atoms with E-state index >= 15 is 0 Å². The van der Waals surface area contributed by atoms with E-state index in [1.54, 1.807) is 12.1 Å². The molecule has 0 amide bonds. The molecule has 0 saturated carbocycles. The van der Waals surface area contributed by atoms with Crippen LogP contribution in [0.1, 0.15) is 0 Å². The number of halogens is 1. The van der Waals surface area contributed by atoms with Crippen molar-refractivity contribution in [3.8, 4) is 11.1 Å². The third-order valence-electron chi connectivity index (χ3n) is 2.79. The van der Waals surface area contributed by atoms with E-state index in [4.69, 9.17) is 10.0 Å². The molecule has 8 heteroatoms. The van der Waals surface area contributed by atoms with E-state index in [2.05, 4.69) is 4.72 Å². The maximum Gasteiger partial charge on any atom is 0.488 e. The van der Waals surface area contributed by atoms with Crippen LogP contribution in [0.25, 0.3) is 11.1 Å². The SMILES string of the molecule is CS(=O)(=O)Nc1ccc(-c2cc(B(O)O)ccc2F)cc1. The van der Waals surface area contributed by atoms with Crippen LogP contribution in [0.3, 0.4) is 0 Å². The van der Waals surface area contributed by atoms with Crippen LogP contribution in [-0.4, -0.2) is 31.8 Å². The van der Waals surface area contributed by atoms with Crippen molar-refractivity contribution in [1.82, 2.24) is 0 Å². The summed E-state index contributed by atoms with van der Waals surface area (Å²) in [6.45, 7) is 0. The first-order chi connectivity index (χ1) is 9.76. The Bertz CT molecular complexity index is 747. The summed E-state index contributed by atoms with van der Waals surface area (Å²) < 4.78 is 38.3. The predicted octanol–water partition coefficient (Wildman–Crippen LogP) is 0.544. The summed E-state index contributed by atoms with van der Waals surface area (Å²) in [5, 5.41) is 18.2. The highest BCUT2D eigenvalue weighted by atomic mass is 32.2. The molecule has 0 unspecified atom stereocenters. The summed E-state index contributed by atoms with van der Waals surface area (Å²) >= 11 is 0. The monoisotopic (exact) mass is 309 g/mol. The Labute approximate surface area is 122 Å². The minimum atomic E-state index is -3.37. The molecule has 0 atom stereocenters. The van der Waals surface area contributed by atoms with Gasteiger partial charge in [-0.05, 0) is 29.2 Å². The van der Waals surface area contributed by atoms with Crippen LogP contribution < -0.4 is 10.2 Å². The van der Waals surface area contributed by atoms with E-state index in [0.29, 0.717) is 11.3 Å². The van der Waals surface area contributed by atoms with Crippen molar-refractivity contribution < 1.29 is 22.9 Å². The molecule has 0 aliphatic heterocycles. The van der Waals surface area contributed by atoms with Crippen LogP contribution in [0.5, 0.6) is 0 Å². The van der Waals surface area contributed by atoms with Gasteiger partial charge in [0.2, 0.25) is 10.0 Å². The Balaban J connectivity index is 2.36. The van der Waals surface area contributed by atoms with Crippen LogP contribution in [0, 0.1) is 5.82 Å². The van der Waals surface area contributed by atoms with Crippen LogP contribution in [0.4, 0.5) is 10.1 Å². The van der Waals surface area contributed by atoms with Gasteiger partial charge < -0.3 is 10.0 Å². The number of rotatable bonds is 4. The van der Waals surface area contributed by atoms with Crippen LogP contribution in [0.15, 0.2) is 42.5 Å². The minimum absolute atomic E-state index is 0.171. The topological polar surface area (TPSA) is 86.6 Å². The average molecular weight is 309 g/mol. The van der Waals surface area contributed by atoms with E-state index in [0.717, 1.165) is 12.3 Å². The molecule has 0 saturated heterocycles. The summed E-state index contributed by atoms with van der Waals surface area (Å²) in [6.07, 6.45) is 1.03. The molecule has 0 aliphatic rings. The van der Waals surface area contributed by atoms with Gasteiger partial charge in [-0.2, -0.15) is 0 Å². The molecule has 2 aromatic carbocycles. The predicted molar refractivity (Wildman–Crippen MR) is 80.1 cm³/mol. The first kappa shape index (κ1) is 15.5. The molecule has 0 bridgehead atoms. The zero-order chi connectivity index (χ0) is 15.6. The van der Waals surface area contributed by atoms with Crippen LogP contribution in [-0.2, 0) is 10.0 Å². The van der Waals surface area contributed by atoms with Crippen molar-refractivity contribution in [1.29, 1.82) is 0 Å². The first-order valence-corrected chi connectivity index (χ1v) is 7.89. The number of benzene rings is 2. The Hall–Kier alpha value is -1.90. The second-order valence-corrected chi connectivity index (χ2v) is 6.31. The number of hydrogen-bond acceptors (Lipinski definition) is 4. The highest BCUT2D eigenvalue weighted by Gasteiger charge is 2.14. The molecule has 110 valence electrons. The molecule has 0 aliphatic carbocycles. The molecule has 0 aromatic heterocycles. The van der Waals surface area contributed by atoms with E-state index in [1.165, 1.54) is 24.3 Å². The van der Waals surface area contributed by atoms with E-state index < -0.39 is 23.0 Å². The van der Waals surface area contributed by atoms with E-state index in [9.17, 15) is 12.8 Å². The van der Waals surface area contributed by atoms with Crippen molar-refractivity contribution >= 4 is 28.3 Å². The van der Waals surface area contributed by atoms with Gasteiger partial charge in [-0.15, -0.1) is 0 Å². The lowest BCUT2D eigenvalue weighted by Gasteiger charge is -2.08. The highest BCUT2D eigenvalue weighted by Crippen LogP contribution is 2.23. The highest BCUT2D eigenvalue weighted by molar-refractivity contribution is 7.92. The molecule has 0 spiro atoms. The van der Waals surface area contributed by atoms with Gasteiger partial charge in [0, 0.05) is 11.3 Å². The average Bonchev–Trinajstić information content (AvgIpc) is 2.38. The molecule has 5 nitrogen and oxygen atoms in total. The Morgan fingerprint density at radius 1 is 1.10 bits per heavy atom. The van der Waals surface area contributed by atoms with Gasteiger partial charge in [-0.1, -0.05) is 24.3 Å². The Morgan fingerprint density at radius 3 is 2.24 bits per heavy atom. The zero-order valence-corrected chi connectivity index (χ0v) is 11.9. The van der Waals surface area contributed by atoms with Crippen LogP contribution >= 0.6 is 0 Å². The van der Waals surface area contributed by atoms with E-state index in [-0.39, 0.29) is 11.0 Å². The zero-order valence-electron chi connectivity index (χ0n) is 11.1. The summed E-state index contributed by atoms with van der Waals surface area (Å²) in [4.78, 5) is 0. The fourth-order valence-electron chi connectivity index (χ4n) is 1.86. The van der Waals surface area contributed by atoms with Crippen molar-refractivity contribution in [2.24, 2.45) is 0 Å². The molecule has 0 radical (unpaired) electrons. The number of nitrogens with one attached hydrogen (secondary N) is 1. The Morgan fingerprint density at radius 2 is 1.71 bits per heavy atom. The minimum Gasteiger partial charge on any atom is -0.423 e. The maximum atomic E-state index is 13.8. The van der Waals surface area contributed by atoms with Gasteiger partial charge in [0.1, 0.15) is 5.82 Å². The smallest absolute Gasteiger partial charge is 0.423 e. The number of sulfonamides is 1. The first-order valence-electron chi connectivity index (χ1n) is 6.00. The maximum absolute atomic E-state index is 13.8. The largest absolute Gasteiger partial charge is 0.488 e. The fraction of sp³-hybridized carbons (Fsp3) is 0.0769. The molecule has 2 rings (SSSR count). The third kappa shape index (κ3) is 4.04. The third-order valence-corrected chi connectivity index (χ3v) is 3.39. The van der Waals surface area contributed by atoms with Crippen molar-refractivity contribution in [2.45, 2.75) is 0 Å². The van der Waals surface area contributed by atoms with Crippen molar-refractivity contribution in [2.75, 3.05) is 11.0 Å². The second-order valence-electron chi connectivity index (χ2n) is 4.56. The van der Waals surface area contributed by atoms with Gasteiger partial charge in [0.05, 0.1) is 6.26 Å². The fourth-order valence-corrected chi connectivity index (χ4v) is 2.42. The second kappa shape index (κ2) is 5.84. The van der Waals surface area contributed by atoms with Crippen molar-refractivity contribution in [3.05, 3.63) is 48.3 Å². The molecular weight excluding hydrogens is 296 g/mol. The molecule has 2 aromatic rings. The van der Waals surface area contributed by atoms with Gasteiger partial charge in [-0.25, -0.2) is 12.8 Å². The van der Waals surface area contributed by atoms with Crippen LogP contribution in [0.2, 0.25) is 0 Å². The quantitative estimate of drug-likeness (QED) is 0.720. The summed E-state index contributed by atoms with van der Waals surface area (Å²) in [5.74, 6) is -0.511. The molecular formula is C13H13BFNO4S. The van der Waals surface area contributed by atoms with E-state index in [1.807, 2.05) is 0 Å². The van der Waals surface area contributed by atoms with Gasteiger partial charge >= 0.3 is 7.12 Å². The normalized spacial score (nSPS) is 11.2. The summed E-state index contributed by atoms with van der Waals surface area (Å²) in [5.41, 5.74) is 1.23. The standard InChI is InChI=1S/C13H13BFNO4S/c1-21(19,20)16-11-5-2-9(3-6-11)12-8-10(14(17)18)4-7-13(12)15/h2-8,16-18H,1H3. The molecule has 21 heavy (non-hydrogen) atoms. The molecule has 0 heterocycles. The lowest BCUT2D eigenvalue weighted by atomic mass is 9.79. The van der Waals surface area contributed by atoms with Gasteiger partial charge in [0.25, 0.3) is 0 Å². The van der Waals surface area contributed by atoms with Gasteiger partial charge in [0.15, 0.2) is 0 Å².